The van der Waals surface area contributed by atoms with E-state index >= 15 is 0 Å². The van der Waals surface area contributed by atoms with E-state index in [0.29, 0.717) is 18.7 Å². The number of aliphatic imine (C=N–C) groups is 1. The summed E-state index contributed by atoms with van der Waals surface area (Å²) in [4.78, 5) is 16.8. The van der Waals surface area contributed by atoms with Crippen LogP contribution in [0.25, 0.3) is 5.69 Å². The van der Waals surface area contributed by atoms with Gasteiger partial charge in [-0.1, -0.05) is 15.9 Å². The van der Waals surface area contributed by atoms with Crippen molar-refractivity contribution in [2.24, 2.45) is 4.99 Å². The molecule has 118 valence electrons. The first-order chi connectivity index (χ1) is 10.5. The number of hydrogen-bond donors (Lipinski definition) is 1. The van der Waals surface area contributed by atoms with Gasteiger partial charge in [0, 0.05) is 36.6 Å². The van der Waals surface area contributed by atoms with E-state index in [0.717, 1.165) is 27.8 Å². The molecule has 1 heterocycles. The molecule has 0 unspecified atom stereocenters. The number of hydrogen-bond acceptors (Lipinski definition) is 3. The zero-order chi connectivity index (χ0) is 16.1. The molecule has 0 saturated carbocycles. The number of nitrogens with zero attached hydrogens (tertiary/aromatic N) is 2. The van der Waals surface area contributed by atoms with Crippen LogP contribution in [-0.2, 0) is 4.74 Å². The predicted octanol–water partition coefficient (Wildman–Crippen LogP) is 3.00. The van der Waals surface area contributed by atoms with Crippen LogP contribution in [0.2, 0.25) is 0 Å². The topological polar surface area (TPSA) is 59.4 Å². The normalized spacial score (nSPS) is 11.5. The number of aromatic nitrogens is 2. The first kappa shape index (κ1) is 16.7. The molecule has 0 bridgehead atoms. The summed E-state index contributed by atoms with van der Waals surface area (Å²) in [6.45, 7) is 5.19. The zero-order valence-corrected chi connectivity index (χ0v) is 14.6. The second-order valence-electron chi connectivity index (χ2n) is 5.11. The van der Waals surface area contributed by atoms with Gasteiger partial charge in [0.05, 0.1) is 11.3 Å². The van der Waals surface area contributed by atoms with E-state index < -0.39 is 0 Å². The third-order valence-corrected chi connectivity index (χ3v) is 4.26. The predicted molar refractivity (Wildman–Crippen MR) is 92.5 cm³/mol. The van der Waals surface area contributed by atoms with Gasteiger partial charge in [0.1, 0.15) is 0 Å². The van der Waals surface area contributed by atoms with Gasteiger partial charge in [-0.05, 0) is 44.0 Å². The summed E-state index contributed by atoms with van der Waals surface area (Å²) >= 11 is 3.47. The Bertz CT molecular complexity index is 731. The van der Waals surface area contributed by atoms with E-state index in [9.17, 15) is 4.79 Å². The molecule has 5 nitrogen and oxygen atoms in total. The van der Waals surface area contributed by atoms with E-state index in [2.05, 4.69) is 26.0 Å². The lowest BCUT2D eigenvalue weighted by atomic mass is 10.2. The second-order valence-corrected chi connectivity index (χ2v) is 5.96. The van der Waals surface area contributed by atoms with Crippen molar-refractivity contribution in [2.75, 3.05) is 20.3 Å². The third kappa shape index (κ3) is 3.75. The number of halogens is 1. The van der Waals surface area contributed by atoms with Crippen LogP contribution in [0.1, 0.15) is 23.2 Å². The minimum Gasteiger partial charge on any atom is -0.385 e. The number of methoxy groups -OCH3 is 1. The Balaban J connectivity index is 2.27. The van der Waals surface area contributed by atoms with Gasteiger partial charge < -0.3 is 4.74 Å². The average Bonchev–Trinajstić information content (AvgIpc) is 2.77. The fourth-order valence-electron chi connectivity index (χ4n) is 2.12. The van der Waals surface area contributed by atoms with Crippen LogP contribution in [0.5, 0.6) is 0 Å². The molecule has 0 aliphatic rings. The van der Waals surface area contributed by atoms with Gasteiger partial charge in [-0.2, -0.15) is 0 Å². The standard InChI is InChI=1S/C16H20BrN3O2/c1-11-9-13(5-6-15(11)17)20-16(21)14(12(2)19-20)10-18-7-4-8-22-3/h5-6,9-10,19H,4,7-8H2,1-3H3. The van der Waals surface area contributed by atoms with Crippen LogP contribution in [0, 0.1) is 13.8 Å². The second kappa shape index (κ2) is 7.56. The number of benzene rings is 1. The van der Waals surface area contributed by atoms with Gasteiger partial charge in [-0.15, -0.1) is 0 Å². The fourth-order valence-corrected chi connectivity index (χ4v) is 2.36. The Kier molecular flexibility index (Phi) is 5.74. The first-order valence-corrected chi connectivity index (χ1v) is 7.90. The molecule has 0 aliphatic carbocycles. The highest BCUT2D eigenvalue weighted by Crippen LogP contribution is 2.18. The van der Waals surface area contributed by atoms with Gasteiger partial charge in [-0.3, -0.25) is 14.9 Å². The lowest BCUT2D eigenvalue weighted by Gasteiger charge is -2.04. The summed E-state index contributed by atoms with van der Waals surface area (Å²) in [6.07, 6.45) is 2.49. The molecule has 0 spiro atoms. The highest BCUT2D eigenvalue weighted by atomic mass is 79.9. The lowest BCUT2D eigenvalue weighted by Crippen LogP contribution is -2.17. The van der Waals surface area contributed by atoms with Crippen LogP contribution < -0.4 is 5.56 Å². The molecule has 1 aromatic carbocycles. The minimum atomic E-state index is -0.0882. The number of rotatable bonds is 6. The van der Waals surface area contributed by atoms with Crippen molar-refractivity contribution in [3.8, 4) is 5.69 Å². The van der Waals surface area contributed by atoms with Crippen LogP contribution in [0.15, 0.2) is 32.5 Å². The van der Waals surface area contributed by atoms with Crippen LogP contribution >= 0.6 is 15.9 Å². The molecular weight excluding hydrogens is 346 g/mol. The minimum absolute atomic E-state index is 0.0882. The van der Waals surface area contributed by atoms with Crippen molar-refractivity contribution in [3.63, 3.8) is 0 Å². The average molecular weight is 366 g/mol. The summed E-state index contributed by atoms with van der Waals surface area (Å²) < 4.78 is 7.54. The van der Waals surface area contributed by atoms with Gasteiger partial charge in [0.2, 0.25) is 0 Å². The third-order valence-electron chi connectivity index (χ3n) is 3.37. The molecular formula is C16H20BrN3O2. The molecule has 6 heteroatoms. The number of H-pyrrole nitrogens is 1. The van der Waals surface area contributed by atoms with Crippen molar-refractivity contribution < 1.29 is 4.74 Å². The molecule has 0 atom stereocenters. The van der Waals surface area contributed by atoms with Gasteiger partial charge in [0.15, 0.2) is 0 Å². The van der Waals surface area contributed by atoms with Crippen LogP contribution in [0.4, 0.5) is 0 Å². The molecule has 1 N–H and O–H groups in total. The maximum atomic E-state index is 12.5. The summed E-state index contributed by atoms with van der Waals surface area (Å²) in [6, 6.07) is 5.79. The van der Waals surface area contributed by atoms with E-state index in [1.807, 2.05) is 32.0 Å². The summed E-state index contributed by atoms with van der Waals surface area (Å²) in [7, 11) is 1.67. The molecule has 0 amide bonds. The Morgan fingerprint density at radius 3 is 2.86 bits per heavy atom. The van der Waals surface area contributed by atoms with Crippen molar-refractivity contribution in [1.29, 1.82) is 0 Å². The Labute approximate surface area is 138 Å². The first-order valence-electron chi connectivity index (χ1n) is 7.11. The summed E-state index contributed by atoms with van der Waals surface area (Å²) in [5.74, 6) is 0. The van der Waals surface area contributed by atoms with E-state index in [1.54, 1.807) is 18.0 Å². The van der Waals surface area contributed by atoms with Crippen LogP contribution in [0.3, 0.4) is 0 Å². The maximum absolute atomic E-state index is 12.5. The summed E-state index contributed by atoms with van der Waals surface area (Å²) in [5.41, 5.74) is 3.20. The van der Waals surface area contributed by atoms with E-state index in [1.165, 1.54) is 0 Å². The Morgan fingerprint density at radius 2 is 2.18 bits per heavy atom. The molecule has 22 heavy (non-hydrogen) atoms. The largest absolute Gasteiger partial charge is 0.385 e. The summed E-state index contributed by atoms with van der Waals surface area (Å²) in [5, 5.41) is 3.10. The SMILES string of the molecule is COCCCN=Cc1c(C)[nH]n(-c2ccc(Br)c(C)c2)c1=O. The van der Waals surface area contributed by atoms with Gasteiger partial charge in [-0.25, -0.2) is 4.68 Å². The van der Waals surface area contributed by atoms with Crippen LogP contribution in [-0.4, -0.2) is 36.3 Å². The highest BCUT2D eigenvalue weighted by Gasteiger charge is 2.11. The molecule has 2 rings (SSSR count). The number of ether oxygens (including phenoxy) is 1. The van der Waals surface area contributed by atoms with E-state index in [-0.39, 0.29) is 5.56 Å². The number of nitrogens with one attached hydrogen (secondary N) is 1. The zero-order valence-electron chi connectivity index (χ0n) is 13.0. The quantitative estimate of drug-likeness (QED) is 0.631. The smallest absolute Gasteiger partial charge is 0.280 e. The molecule has 0 radical (unpaired) electrons. The fraction of sp³-hybridized carbons (Fsp3) is 0.375. The highest BCUT2D eigenvalue weighted by molar-refractivity contribution is 9.10. The Morgan fingerprint density at radius 1 is 1.41 bits per heavy atom. The monoisotopic (exact) mass is 365 g/mol. The maximum Gasteiger partial charge on any atom is 0.280 e. The van der Waals surface area contributed by atoms with Crippen molar-refractivity contribution in [1.82, 2.24) is 9.78 Å². The molecule has 0 fully saturated rings. The number of aryl methyl sites for hydroxylation is 2. The van der Waals surface area contributed by atoms with Gasteiger partial charge >= 0.3 is 0 Å². The Hall–Kier alpha value is -1.66. The molecule has 1 aromatic heterocycles. The lowest BCUT2D eigenvalue weighted by molar-refractivity contribution is 0.197. The molecule has 0 saturated heterocycles. The van der Waals surface area contributed by atoms with E-state index in [4.69, 9.17) is 4.74 Å². The van der Waals surface area contributed by atoms with Gasteiger partial charge in [0.25, 0.3) is 5.56 Å². The van der Waals surface area contributed by atoms with Crippen molar-refractivity contribution in [2.45, 2.75) is 20.3 Å². The van der Waals surface area contributed by atoms with Crippen molar-refractivity contribution >= 4 is 22.1 Å². The van der Waals surface area contributed by atoms with Crippen molar-refractivity contribution in [3.05, 3.63) is 49.8 Å². The number of aromatic amines is 1. The molecule has 0 aliphatic heterocycles. The molecule has 2 aromatic rings.